The Morgan fingerprint density at radius 2 is 1.81 bits per heavy atom. The van der Waals surface area contributed by atoms with Gasteiger partial charge in [0.1, 0.15) is 12.4 Å². The van der Waals surface area contributed by atoms with E-state index in [2.05, 4.69) is 4.99 Å². The highest BCUT2D eigenvalue weighted by Gasteiger charge is 2.33. The van der Waals surface area contributed by atoms with E-state index in [9.17, 15) is 9.59 Å². The van der Waals surface area contributed by atoms with Crippen LogP contribution in [-0.2, 0) is 16.1 Å². The van der Waals surface area contributed by atoms with Gasteiger partial charge in [-0.15, -0.1) is 0 Å². The molecule has 0 N–H and O–H groups in total. The highest BCUT2D eigenvalue weighted by atomic mass is 35.5. The molecule has 1 aromatic heterocycles. The molecule has 0 spiro atoms. The molecule has 0 saturated carbocycles. The second-order valence-electron chi connectivity index (χ2n) is 9.38. The standard InChI is InChI=1S/C32H29ClN2O6S/c1-5-40-31(37)27-19(2)34-32-35(28(27)22-11-13-23(38-3)14-12-22)30(36)26(42-32)17-21-15-24(33)29(25(16-21)39-4)41-18-20-9-7-6-8-10-20/h6-17,28H,5,18H2,1-4H3/t28-/m1/s1. The van der Waals surface area contributed by atoms with E-state index >= 15 is 0 Å². The first-order valence-electron chi connectivity index (χ1n) is 13.2. The number of carbonyl (C=O) groups excluding carboxylic acids is 1. The molecule has 1 atom stereocenters. The van der Waals surface area contributed by atoms with Crippen LogP contribution >= 0.6 is 22.9 Å². The van der Waals surface area contributed by atoms with Crippen molar-refractivity contribution in [1.29, 1.82) is 0 Å². The van der Waals surface area contributed by atoms with Gasteiger partial charge in [0.15, 0.2) is 16.3 Å². The summed E-state index contributed by atoms with van der Waals surface area (Å²) in [4.78, 5) is 32.1. The maximum atomic E-state index is 13.9. The molecule has 1 aliphatic rings. The van der Waals surface area contributed by atoms with Gasteiger partial charge < -0.3 is 18.9 Å². The minimum absolute atomic E-state index is 0.197. The van der Waals surface area contributed by atoms with Gasteiger partial charge in [-0.25, -0.2) is 9.79 Å². The first-order chi connectivity index (χ1) is 20.3. The summed E-state index contributed by atoms with van der Waals surface area (Å²) in [6, 6.07) is 19.7. The van der Waals surface area contributed by atoms with Crippen LogP contribution in [0.15, 0.2) is 87.8 Å². The van der Waals surface area contributed by atoms with E-state index in [1.165, 1.54) is 23.0 Å². The zero-order chi connectivity index (χ0) is 29.8. The lowest BCUT2D eigenvalue weighted by Crippen LogP contribution is -2.39. The van der Waals surface area contributed by atoms with Crippen molar-refractivity contribution in [3.8, 4) is 17.2 Å². The number of hydrogen-bond donors (Lipinski definition) is 0. The second kappa shape index (κ2) is 12.7. The minimum atomic E-state index is -0.722. The lowest BCUT2D eigenvalue weighted by molar-refractivity contribution is -0.139. The maximum Gasteiger partial charge on any atom is 0.338 e. The third kappa shape index (κ3) is 5.84. The van der Waals surface area contributed by atoms with Crippen molar-refractivity contribution in [2.24, 2.45) is 4.99 Å². The van der Waals surface area contributed by atoms with Crippen molar-refractivity contribution in [2.45, 2.75) is 26.5 Å². The molecule has 8 nitrogen and oxygen atoms in total. The fraction of sp³-hybridized carbons (Fsp3) is 0.219. The monoisotopic (exact) mass is 604 g/mol. The van der Waals surface area contributed by atoms with Crippen LogP contribution in [0.3, 0.4) is 0 Å². The summed E-state index contributed by atoms with van der Waals surface area (Å²) in [7, 11) is 3.11. The lowest BCUT2D eigenvalue weighted by Gasteiger charge is -2.24. The quantitative estimate of drug-likeness (QED) is 0.249. The zero-order valence-electron chi connectivity index (χ0n) is 23.5. The van der Waals surface area contributed by atoms with Gasteiger partial charge in [0, 0.05) is 0 Å². The van der Waals surface area contributed by atoms with Crippen molar-refractivity contribution >= 4 is 35.0 Å². The maximum absolute atomic E-state index is 13.9. The SMILES string of the molecule is CCOC(=O)C1=C(C)N=c2sc(=Cc3cc(Cl)c(OCc4ccccc4)c(OC)c3)c(=O)n2[C@@H]1c1ccc(OC)cc1. The predicted octanol–water partition coefficient (Wildman–Crippen LogP) is 5.05. The summed E-state index contributed by atoms with van der Waals surface area (Å²) in [6.45, 7) is 4.01. The molecule has 0 bridgehead atoms. The molecule has 0 aliphatic carbocycles. The first-order valence-corrected chi connectivity index (χ1v) is 14.4. The van der Waals surface area contributed by atoms with Gasteiger partial charge in [0.2, 0.25) is 0 Å². The number of aromatic nitrogens is 1. The zero-order valence-corrected chi connectivity index (χ0v) is 25.1. The molecule has 4 aromatic rings. The Kier molecular flexibility index (Phi) is 8.80. The molecule has 0 unspecified atom stereocenters. The van der Waals surface area contributed by atoms with Crippen LogP contribution in [-0.4, -0.2) is 31.4 Å². The molecule has 1 aliphatic heterocycles. The topological polar surface area (TPSA) is 88.4 Å². The number of benzene rings is 3. The third-order valence-electron chi connectivity index (χ3n) is 6.72. The van der Waals surface area contributed by atoms with E-state index in [1.54, 1.807) is 51.3 Å². The fourth-order valence-electron chi connectivity index (χ4n) is 4.74. The Hall–Kier alpha value is -4.34. The Morgan fingerprint density at radius 3 is 2.48 bits per heavy atom. The Labute approximate surface area is 251 Å². The summed E-state index contributed by atoms with van der Waals surface area (Å²) in [5.74, 6) is 0.993. The molecule has 0 saturated heterocycles. The highest BCUT2D eigenvalue weighted by Crippen LogP contribution is 2.37. The van der Waals surface area contributed by atoms with Crippen molar-refractivity contribution in [2.75, 3.05) is 20.8 Å². The predicted molar refractivity (Wildman–Crippen MR) is 162 cm³/mol. The van der Waals surface area contributed by atoms with Crippen LogP contribution in [0.25, 0.3) is 6.08 Å². The summed E-state index contributed by atoms with van der Waals surface area (Å²) in [5.41, 5.74) is 2.87. The molecule has 42 heavy (non-hydrogen) atoms. The normalized spacial score (nSPS) is 14.7. The average molecular weight is 605 g/mol. The lowest BCUT2D eigenvalue weighted by atomic mass is 9.96. The van der Waals surface area contributed by atoms with Crippen LogP contribution in [0.1, 0.15) is 36.6 Å². The van der Waals surface area contributed by atoms with E-state index < -0.39 is 12.0 Å². The van der Waals surface area contributed by atoms with Crippen molar-refractivity contribution < 1.29 is 23.7 Å². The van der Waals surface area contributed by atoms with Crippen molar-refractivity contribution in [3.63, 3.8) is 0 Å². The molecular weight excluding hydrogens is 576 g/mol. The summed E-state index contributed by atoms with van der Waals surface area (Å²) in [5, 5.41) is 0.348. The Morgan fingerprint density at radius 1 is 1.07 bits per heavy atom. The number of nitrogens with zero attached hydrogens (tertiary/aromatic N) is 2. The van der Waals surface area contributed by atoms with E-state index in [0.29, 0.717) is 55.0 Å². The van der Waals surface area contributed by atoms with Crippen LogP contribution in [0.5, 0.6) is 17.2 Å². The van der Waals surface area contributed by atoms with E-state index in [4.69, 9.17) is 30.5 Å². The van der Waals surface area contributed by atoms with Crippen LogP contribution < -0.4 is 29.1 Å². The van der Waals surface area contributed by atoms with Gasteiger partial charge in [-0.1, -0.05) is 65.4 Å². The smallest absolute Gasteiger partial charge is 0.338 e. The summed E-state index contributed by atoms with van der Waals surface area (Å²) in [6.07, 6.45) is 1.73. The molecule has 5 rings (SSSR count). The number of methoxy groups -OCH3 is 2. The van der Waals surface area contributed by atoms with Crippen LogP contribution in [0.2, 0.25) is 5.02 Å². The largest absolute Gasteiger partial charge is 0.497 e. The van der Waals surface area contributed by atoms with Crippen LogP contribution in [0, 0.1) is 0 Å². The number of ether oxygens (including phenoxy) is 4. The Bertz CT molecular complexity index is 1830. The number of allylic oxidation sites excluding steroid dienone is 1. The molecule has 216 valence electrons. The molecule has 0 fully saturated rings. The van der Waals surface area contributed by atoms with Gasteiger partial charge in [0.25, 0.3) is 5.56 Å². The van der Waals surface area contributed by atoms with Gasteiger partial charge in [0.05, 0.1) is 47.7 Å². The molecule has 0 amide bonds. The molecular formula is C32H29ClN2O6S. The van der Waals surface area contributed by atoms with Gasteiger partial charge in [-0.05, 0) is 60.9 Å². The average Bonchev–Trinajstić information content (AvgIpc) is 3.30. The second-order valence-corrected chi connectivity index (χ2v) is 10.8. The van der Waals surface area contributed by atoms with Crippen molar-refractivity contribution in [1.82, 2.24) is 4.57 Å². The summed E-state index contributed by atoms with van der Waals surface area (Å²) >= 11 is 7.85. The van der Waals surface area contributed by atoms with E-state index in [0.717, 1.165) is 11.1 Å². The highest BCUT2D eigenvalue weighted by molar-refractivity contribution is 7.07. The summed E-state index contributed by atoms with van der Waals surface area (Å²) < 4.78 is 24.2. The van der Waals surface area contributed by atoms with Gasteiger partial charge in [-0.2, -0.15) is 0 Å². The third-order valence-corrected chi connectivity index (χ3v) is 7.99. The first kappa shape index (κ1) is 29.2. The number of rotatable bonds is 9. The van der Waals surface area contributed by atoms with Gasteiger partial charge >= 0.3 is 5.97 Å². The number of halogens is 1. The number of carbonyl (C=O) groups is 1. The molecule has 3 aromatic carbocycles. The molecule has 10 heteroatoms. The number of thiazole rings is 1. The number of fused-ring (bicyclic) bond motifs is 1. The Balaban J connectivity index is 1.58. The van der Waals surface area contributed by atoms with Gasteiger partial charge in [-0.3, -0.25) is 9.36 Å². The van der Waals surface area contributed by atoms with Crippen LogP contribution in [0.4, 0.5) is 0 Å². The van der Waals surface area contributed by atoms with E-state index in [1.807, 2.05) is 42.5 Å². The van der Waals surface area contributed by atoms with E-state index in [-0.39, 0.29) is 12.2 Å². The van der Waals surface area contributed by atoms with Crippen molar-refractivity contribution in [3.05, 3.63) is 119 Å². The number of hydrogen-bond acceptors (Lipinski definition) is 8. The number of esters is 1. The molecule has 2 heterocycles. The minimum Gasteiger partial charge on any atom is -0.497 e. The molecule has 0 radical (unpaired) electrons. The fourth-order valence-corrected chi connectivity index (χ4v) is 6.06.